The van der Waals surface area contributed by atoms with E-state index in [2.05, 4.69) is 15.6 Å². The van der Waals surface area contributed by atoms with Crippen LogP contribution in [0.1, 0.15) is 27.0 Å². The lowest BCUT2D eigenvalue weighted by atomic mass is 9.98. The molecule has 1 aliphatic rings. The summed E-state index contributed by atoms with van der Waals surface area (Å²) in [5, 5.41) is 5.96. The largest absolute Gasteiger partial charge is 0.380 e. The molecule has 1 aliphatic heterocycles. The first kappa shape index (κ1) is 20.2. The third-order valence-electron chi connectivity index (χ3n) is 4.11. The smallest absolute Gasteiger partial charge is 0.251 e. The van der Waals surface area contributed by atoms with Crippen LogP contribution >= 0.6 is 24.0 Å². The van der Waals surface area contributed by atoms with Gasteiger partial charge in [0.05, 0.1) is 13.2 Å². The molecule has 1 heterocycles. The second-order valence-electron chi connectivity index (χ2n) is 5.91. The number of aliphatic imine (C=N–C) groups is 1. The average Bonchev–Trinajstić information content (AvgIpc) is 2.62. The standard InChI is InChI=1S/C19H22N4O2.HI/c1-25-12-15-4-2-3-5-17(15)23-19(20)22-11-13-6-7-14-8-9-21-18(24)16(14)10-13;/h2-7,10H,8-9,11-12H2,1H3,(H,21,24)(H3,20,22,23);1H. The van der Waals surface area contributed by atoms with E-state index >= 15 is 0 Å². The summed E-state index contributed by atoms with van der Waals surface area (Å²) in [5.74, 6) is 0.303. The van der Waals surface area contributed by atoms with Gasteiger partial charge in [0.2, 0.25) is 0 Å². The van der Waals surface area contributed by atoms with Crippen molar-refractivity contribution >= 4 is 41.5 Å². The number of guanidine groups is 1. The molecule has 4 N–H and O–H groups in total. The average molecular weight is 466 g/mol. The number of fused-ring (bicyclic) bond motifs is 1. The summed E-state index contributed by atoms with van der Waals surface area (Å²) in [7, 11) is 1.65. The first-order valence-electron chi connectivity index (χ1n) is 8.21. The summed E-state index contributed by atoms with van der Waals surface area (Å²) in [5.41, 5.74) is 10.6. The Bertz CT molecular complexity index is 808. The van der Waals surface area contributed by atoms with Crippen LogP contribution in [-0.4, -0.2) is 25.5 Å². The molecule has 3 rings (SSSR count). The van der Waals surface area contributed by atoms with Crippen molar-refractivity contribution in [2.45, 2.75) is 19.6 Å². The van der Waals surface area contributed by atoms with E-state index in [1.54, 1.807) is 7.11 Å². The van der Waals surface area contributed by atoms with Crippen LogP contribution < -0.4 is 16.4 Å². The second-order valence-corrected chi connectivity index (χ2v) is 5.91. The molecule has 0 spiro atoms. The molecule has 0 fully saturated rings. The molecular weight excluding hydrogens is 443 g/mol. The molecule has 0 saturated carbocycles. The number of methoxy groups -OCH3 is 1. The third-order valence-corrected chi connectivity index (χ3v) is 4.11. The molecule has 1 amide bonds. The molecule has 0 atom stereocenters. The molecule has 26 heavy (non-hydrogen) atoms. The Morgan fingerprint density at radius 1 is 1.31 bits per heavy atom. The van der Waals surface area contributed by atoms with E-state index < -0.39 is 0 Å². The SMILES string of the molecule is COCc1ccccc1NC(N)=NCc1ccc2c(c1)C(=O)NCC2.I. The highest BCUT2D eigenvalue weighted by molar-refractivity contribution is 14.0. The summed E-state index contributed by atoms with van der Waals surface area (Å²) in [4.78, 5) is 16.3. The highest BCUT2D eigenvalue weighted by Crippen LogP contribution is 2.17. The molecule has 0 radical (unpaired) electrons. The molecule has 0 unspecified atom stereocenters. The number of hydrogen-bond acceptors (Lipinski definition) is 3. The zero-order chi connectivity index (χ0) is 17.6. The van der Waals surface area contributed by atoms with E-state index in [1.165, 1.54) is 0 Å². The van der Waals surface area contributed by atoms with Crippen LogP contribution in [0.4, 0.5) is 5.69 Å². The number of carbonyl (C=O) groups is 1. The topological polar surface area (TPSA) is 88.7 Å². The zero-order valence-corrected chi connectivity index (χ0v) is 16.9. The van der Waals surface area contributed by atoms with E-state index in [4.69, 9.17) is 10.5 Å². The van der Waals surface area contributed by atoms with Gasteiger partial charge in [-0.15, -0.1) is 24.0 Å². The maximum atomic E-state index is 11.9. The fourth-order valence-electron chi connectivity index (χ4n) is 2.83. The molecule has 6 nitrogen and oxygen atoms in total. The quantitative estimate of drug-likeness (QED) is 0.359. The molecule has 2 aromatic carbocycles. The Kier molecular flexibility index (Phi) is 7.40. The van der Waals surface area contributed by atoms with Gasteiger partial charge in [-0.05, 0) is 29.7 Å². The van der Waals surface area contributed by atoms with Gasteiger partial charge in [0.15, 0.2) is 5.96 Å². The summed E-state index contributed by atoms with van der Waals surface area (Å²) in [6.07, 6.45) is 0.866. The predicted octanol–water partition coefficient (Wildman–Crippen LogP) is 2.66. The van der Waals surface area contributed by atoms with E-state index in [0.29, 0.717) is 25.7 Å². The van der Waals surface area contributed by atoms with Crippen molar-refractivity contribution in [3.8, 4) is 0 Å². The predicted molar refractivity (Wildman–Crippen MR) is 114 cm³/mol. The van der Waals surface area contributed by atoms with Gasteiger partial charge in [-0.25, -0.2) is 4.99 Å². The van der Waals surface area contributed by atoms with Gasteiger partial charge < -0.3 is 21.1 Å². The van der Waals surface area contributed by atoms with Gasteiger partial charge in [-0.3, -0.25) is 4.79 Å². The van der Waals surface area contributed by atoms with E-state index in [9.17, 15) is 4.79 Å². The van der Waals surface area contributed by atoms with Crippen molar-refractivity contribution in [2.75, 3.05) is 19.0 Å². The van der Waals surface area contributed by atoms with Crippen molar-refractivity contribution < 1.29 is 9.53 Å². The monoisotopic (exact) mass is 466 g/mol. The van der Waals surface area contributed by atoms with Gasteiger partial charge in [0.25, 0.3) is 5.91 Å². The van der Waals surface area contributed by atoms with Gasteiger partial charge in [0.1, 0.15) is 0 Å². The van der Waals surface area contributed by atoms with Crippen LogP contribution in [0.25, 0.3) is 0 Å². The maximum Gasteiger partial charge on any atom is 0.251 e. The Morgan fingerprint density at radius 2 is 2.12 bits per heavy atom. The van der Waals surface area contributed by atoms with E-state index in [0.717, 1.165) is 34.4 Å². The first-order valence-corrected chi connectivity index (χ1v) is 8.21. The van der Waals surface area contributed by atoms with Crippen molar-refractivity contribution in [1.82, 2.24) is 5.32 Å². The van der Waals surface area contributed by atoms with Crippen LogP contribution in [0.15, 0.2) is 47.5 Å². The molecule has 2 aromatic rings. The number of nitrogens with zero attached hydrogens (tertiary/aromatic N) is 1. The third kappa shape index (κ3) is 4.95. The summed E-state index contributed by atoms with van der Waals surface area (Å²) >= 11 is 0. The van der Waals surface area contributed by atoms with Gasteiger partial charge in [0, 0.05) is 30.5 Å². The fourth-order valence-corrected chi connectivity index (χ4v) is 2.83. The fraction of sp³-hybridized carbons (Fsp3) is 0.263. The van der Waals surface area contributed by atoms with E-state index in [-0.39, 0.29) is 29.9 Å². The number of ether oxygens (including phenoxy) is 1. The summed E-state index contributed by atoms with van der Waals surface area (Å²) in [6.45, 7) is 1.60. The number of halogens is 1. The Labute approximate surface area is 170 Å². The highest BCUT2D eigenvalue weighted by atomic mass is 127. The van der Waals surface area contributed by atoms with Gasteiger partial charge >= 0.3 is 0 Å². The molecule has 0 bridgehead atoms. The van der Waals surface area contributed by atoms with Crippen LogP contribution in [0.3, 0.4) is 0 Å². The number of anilines is 1. The summed E-state index contributed by atoms with van der Waals surface area (Å²) < 4.78 is 5.18. The number of nitrogens with one attached hydrogen (secondary N) is 2. The molecular formula is C19H23IN4O2. The number of carbonyl (C=O) groups excluding carboxylic acids is 1. The number of nitrogens with two attached hydrogens (primary N) is 1. The molecule has 138 valence electrons. The first-order chi connectivity index (χ1) is 12.2. The number of para-hydroxylation sites is 1. The lowest BCUT2D eigenvalue weighted by Gasteiger charge is -2.16. The van der Waals surface area contributed by atoms with Crippen molar-refractivity contribution in [3.63, 3.8) is 0 Å². The van der Waals surface area contributed by atoms with Crippen LogP contribution in [0.2, 0.25) is 0 Å². The van der Waals surface area contributed by atoms with Crippen molar-refractivity contribution in [1.29, 1.82) is 0 Å². The molecule has 0 aromatic heterocycles. The van der Waals surface area contributed by atoms with E-state index in [1.807, 2.05) is 42.5 Å². The minimum atomic E-state index is -0.0216. The second kappa shape index (κ2) is 9.54. The van der Waals surface area contributed by atoms with Crippen molar-refractivity contribution in [3.05, 3.63) is 64.7 Å². The number of benzene rings is 2. The molecule has 0 aliphatic carbocycles. The van der Waals surface area contributed by atoms with Crippen LogP contribution in [0, 0.1) is 0 Å². The molecule has 7 heteroatoms. The highest BCUT2D eigenvalue weighted by Gasteiger charge is 2.16. The van der Waals surface area contributed by atoms with Crippen LogP contribution in [0.5, 0.6) is 0 Å². The Hall–Kier alpha value is -2.13. The van der Waals surface area contributed by atoms with Gasteiger partial charge in [-0.1, -0.05) is 30.3 Å². The maximum absolute atomic E-state index is 11.9. The minimum Gasteiger partial charge on any atom is -0.380 e. The molecule has 0 saturated heterocycles. The zero-order valence-electron chi connectivity index (χ0n) is 14.6. The van der Waals surface area contributed by atoms with Gasteiger partial charge in [-0.2, -0.15) is 0 Å². The van der Waals surface area contributed by atoms with Crippen LogP contribution in [-0.2, 0) is 24.3 Å². The van der Waals surface area contributed by atoms with Crippen molar-refractivity contribution in [2.24, 2.45) is 10.7 Å². The minimum absolute atomic E-state index is 0. The Morgan fingerprint density at radius 3 is 2.92 bits per heavy atom. The summed E-state index contributed by atoms with van der Waals surface area (Å²) in [6, 6.07) is 13.7. The number of rotatable bonds is 5. The number of hydrogen-bond donors (Lipinski definition) is 3. The normalized spacial score (nSPS) is 13.4. The number of amides is 1. The lowest BCUT2D eigenvalue weighted by Crippen LogP contribution is -2.31. The Balaban J connectivity index is 0.00000243. The lowest BCUT2D eigenvalue weighted by molar-refractivity contribution is 0.0946.